The molecule has 0 fully saturated rings. The molecule has 1 atom stereocenters. The maximum atomic E-state index is 5.86. The zero-order valence-electron chi connectivity index (χ0n) is 7.56. The largest absolute Gasteiger partial charge is 0.330 e. The van der Waals surface area contributed by atoms with Crippen LogP contribution in [0.5, 0.6) is 0 Å². The minimum Gasteiger partial charge on any atom is -0.330 e. The predicted octanol–water partition coefficient (Wildman–Crippen LogP) is 3.13. The number of halogens is 2. The van der Waals surface area contributed by atoms with Crippen LogP contribution in [0.1, 0.15) is 12.5 Å². The zero-order valence-corrected chi connectivity index (χ0v) is 9.07. The highest BCUT2D eigenvalue weighted by molar-refractivity contribution is 6.34. The second-order valence-electron chi connectivity index (χ2n) is 3.32. The maximum Gasteiger partial charge on any atom is 0.0423 e. The Hall–Kier alpha value is -0.240. The van der Waals surface area contributed by atoms with Gasteiger partial charge in [0, 0.05) is 10.0 Å². The summed E-state index contributed by atoms with van der Waals surface area (Å²) in [5.41, 5.74) is 6.68. The number of hydrogen-bond acceptors (Lipinski definition) is 1. The first-order valence-electron chi connectivity index (χ1n) is 4.27. The Morgan fingerprint density at radius 1 is 1.23 bits per heavy atom. The Morgan fingerprint density at radius 2 is 1.77 bits per heavy atom. The molecular weight excluding hydrogens is 205 g/mol. The molecule has 0 bridgehead atoms. The van der Waals surface area contributed by atoms with Crippen LogP contribution in [0.15, 0.2) is 18.2 Å². The van der Waals surface area contributed by atoms with E-state index in [1.807, 2.05) is 12.1 Å². The van der Waals surface area contributed by atoms with Crippen LogP contribution in [-0.2, 0) is 6.42 Å². The molecule has 0 aliphatic rings. The van der Waals surface area contributed by atoms with Gasteiger partial charge in [-0.05, 0) is 42.6 Å². The van der Waals surface area contributed by atoms with Gasteiger partial charge in [0.2, 0.25) is 0 Å². The topological polar surface area (TPSA) is 26.0 Å². The Bertz CT molecular complexity index is 266. The SMILES string of the molecule is CC(CN)Cc1cc(Cl)cc(Cl)c1. The summed E-state index contributed by atoms with van der Waals surface area (Å²) in [6, 6.07) is 5.60. The van der Waals surface area contributed by atoms with Gasteiger partial charge in [-0.3, -0.25) is 0 Å². The first-order valence-corrected chi connectivity index (χ1v) is 5.02. The molecule has 1 rings (SSSR count). The van der Waals surface area contributed by atoms with Gasteiger partial charge in [0.25, 0.3) is 0 Å². The van der Waals surface area contributed by atoms with Crippen LogP contribution in [0, 0.1) is 5.92 Å². The van der Waals surface area contributed by atoms with E-state index in [0.29, 0.717) is 22.5 Å². The summed E-state index contributed by atoms with van der Waals surface area (Å²) in [6.07, 6.45) is 0.927. The van der Waals surface area contributed by atoms with Gasteiger partial charge in [0.15, 0.2) is 0 Å². The summed E-state index contributed by atoms with van der Waals surface area (Å²) >= 11 is 11.7. The molecule has 0 spiro atoms. The zero-order chi connectivity index (χ0) is 9.84. The van der Waals surface area contributed by atoms with Crippen molar-refractivity contribution in [1.82, 2.24) is 0 Å². The average molecular weight is 218 g/mol. The van der Waals surface area contributed by atoms with Crippen molar-refractivity contribution in [3.8, 4) is 0 Å². The fourth-order valence-electron chi connectivity index (χ4n) is 1.21. The van der Waals surface area contributed by atoms with Crippen molar-refractivity contribution in [3.05, 3.63) is 33.8 Å². The van der Waals surface area contributed by atoms with Crippen LogP contribution in [-0.4, -0.2) is 6.54 Å². The summed E-state index contributed by atoms with van der Waals surface area (Å²) < 4.78 is 0. The second kappa shape index (κ2) is 4.85. The summed E-state index contributed by atoms with van der Waals surface area (Å²) in [5, 5.41) is 1.37. The third-order valence-corrected chi connectivity index (χ3v) is 2.35. The summed E-state index contributed by atoms with van der Waals surface area (Å²) in [5.74, 6) is 0.467. The van der Waals surface area contributed by atoms with Gasteiger partial charge in [0.05, 0.1) is 0 Å². The van der Waals surface area contributed by atoms with E-state index in [1.165, 1.54) is 0 Å². The molecular formula is C10H13Cl2N. The van der Waals surface area contributed by atoms with Gasteiger partial charge in [-0.15, -0.1) is 0 Å². The fraction of sp³-hybridized carbons (Fsp3) is 0.400. The normalized spacial score (nSPS) is 12.9. The minimum atomic E-state index is 0.467. The maximum absolute atomic E-state index is 5.86. The molecule has 2 N–H and O–H groups in total. The predicted molar refractivity (Wildman–Crippen MR) is 58.4 cm³/mol. The van der Waals surface area contributed by atoms with Crippen LogP contribution in [0.4, 0.5) is 0 Å². The molecule has 1 aromatic carbocycles. The van der Waals surface area contributed by atoms with E-state index >= 15 is 0 Å². The summed E-state index contributed by atoms with van der Waals surface area (Å²) in [7, 11) is 0. The lowest BCUT2D eigenvalue weighted by molar-refractivity contribution is 0.593. The van der Waals surface area contributed by atoms with E-state index in [0.717, 1.165) is 12.0 Å². The van der Waals surface area contributed by atoms with Crippen molar-refractivity contribution in [2.45, 2.75) is 13.3 Å². The summed E-state index contributed by atoms with van der Waals surface area (Å²) in [4.78, 5) is 0. The minimum absolute atomic E-state index is 0.467. The van der Waals surface area contributed by atoms with Gasteiger partial charge in [-0.1, -0.05) is 30.1 Å². The van der Waals surface area contributed by atoms with E-state index < -0.39 is 0 Å². The molecule has 0 saturated heterocycles. The molecule has 0 radical (unpaired) electrons. The van der Waals surface area contributed by atoms with Crippen LogP contribution in [0.3, 0.4) is 0 Å². The quantitative estimate of drug-likeness (QED) is 0.828. The monoisotopic (exact) mass is 217 g/mol. The van der Waals surface area contributed by atoms with Crippen molar-refractivity contribution in [3.63, 3.8) is 0 Å². The number of nitrogens with two attached hydrogens (primary N) is 1. The molecule has 0 saturated carbocycles. The number of hydrogen-bond donors (Lipinski definition) is 1. The van der Waals surface area contributed by atoms with Crippen molar-refractivity contribution in [2.24, 2.45) is 11.7 Å². The Kier molecular flexibility index (Phi) is 4.04. The van der Waals surface area contributed by atoms with E-state index in [1.54, 1.807) is 6.07 Å². The first kappa shape index (κ1) is 10.8. The molecule has 0 aliphatic heterocycles. The van der Waals surface area contributed by atoms with E-state index in [9.17, 15) is 0 Å². The Balaban J connectivity index is 2.77. The lowest BCUT2D eigenvalue weighted by atomic mass is 10.0. The first-order chi connectivity index (χ1) is 6.11. The van der Waals surface area contributed by atoms with Gasteiger partial charge in [-0.2, -0.15) is 0 Å². The van der Waals surface area contributed by atoms with Crippen LogP contribution in [0.2, 0.25) is 10.0 Å². The van der Waals surface area contributed by atoms with Gasteiger partial charge >= 0.3 is 0 Å². The molecule has 72 valence electrons. The van der Waals surface area contributed by atoms with Gasteiger partial charge in [-0.25, -0.2) is 0 Å². The van der Waals surface area contributed by atoms with Crippen molar-refractivity contribution < 1.29 is 0 Å². The molecule has 0 aliphatic carbocycles. The second-order valence-corrected chi connectivity index (χ2v) is 4.20. The third-order valence-electron chi connectivity index (χ3n) is 1.91. The molecule has 13 heavy (non-hydrogen) atoms. The van der Waals surface area contributed by atoms with E-state index in [-0.39, 0.29) is 0 Å². The number of rotatable bonds is 3. The van der Waals surface area contributed by atoms with Crippen molar-refractivity contribution >= 4 is 23.2 Å². The van der Waals surface area contributed by atoms with E-state index in [2.05, 4.69) is 6.92 Å². The highest BCUT2D eigenvalue weighted by Gasteiger charge is 2.03. The Morgan fingerprint density at radius 3 is 2.23 bits per heavy atom. The molecule has 3 heteroatoms. The molecule has 1 unspecified atom stereocenters. The van der Waals surface area contributed by atoms with Crippen LogP contribution in [0.25, 0.3) is 0 Å². The molecule has 1 aromatic rings. The highest BCUT2D eigenvalue weighted by Crippen LogP contribution is 2.20. The van der Waals surface area contributed by atoms with Gasteiger partial charge < -0.3 is 5.73 Å². The molecule has 0 heterocycles. The van der Waals surface area contributed by atoms with Crippen molar-refractivity contribution in [1.29, 1.82) is 0 Å². The summed E-state index contributed by atoms with van der Waals surface area (Å²) in [6.45, 7) is 2.79. The van der Waals surface area contributed by atoms with Crippen LogP contribution >= 0.6 is 23.2 Å². The molecule has 0 amide bonds. The Labute approximate surface area is 88.8 Å². The smallest absolute Gasteiger partial charge is 0.0423 e. The lowest BCUT2D eigenvalue weighted by Crippen LogP contribution is -2.13. The highest BCUT2D eigenvalue weighted by atomic mass is 35.5. The standard InChI is InChI=1S/C10H13Cl2N/c1-7(6-13)2-8-3-9(11)5-10(12)4-8/h3-5,7H,2,6,13H2,1H3. The lowest BCUT2D eigenvalue weighted by Gasteiger charge is -2.08. The third kappa shape index (κ3) is 3.55. The fourth-order valence-corrected chi connectivity index (χ4v) is 1.79. The average Bonchev–Trinajstić information content (AvgIpc) is 2.02. The van der Waals surface area contributed by atoms with Gasteiger partial charge in [0.1, 0.15) is 0 Å². The van der Waals surface area contributed by atoms with E-state index in [4.69, 9.17) is 28.9 Å². The molecule has 0 aromatic heterocycles. The number of benzene rings is 1. The van der Waals surface area contributed by atoms with Crippen molar-refractivity contribution in [2.75, 3.05) is 6.54 Å². The van der Waals surface area contributed by atoms with Crippen LogP contribution < -0.4 is 5.73 Å². The molecule has 1 nitrogen and oxygen atoms in total.